The Morgan fingerprint density at radius 2 is 1.97 bits per heavy atom. The summed E-state index contributed by atoms with van der Waals surface area (Å²) < 4.78 is 11.3. The van der Waals surface area contributed by atoms with Crippen molar-refractivity contribution in [2.45, 2.75) is 51.9 Å². The average molecular weight is 467 g/mol. The van der Waals surface area contributed by atoms with Crippen molar-refractivity contribution in [2.24, 2.45) is 0 Å². The Kier molecular flexibility index (Phi) is 6.80. The summed E-state index contributed by atoms with van der Waals surface area (Å²) in [5, 5.41) is 7.11. The third kappa shape index (κ3) is 5.78. The molecule has 8 heteroatoms. The number of benzene rings is 2. The summed E-state index contributed by atoms with van der Waals surface area (Å²) in [4.78, 5) is 13.1. The average Bonchev–Trinajstić information content (AvgIpc) is 2.63. The summed E-state index contributed by atoms with van der Waals surface area (Å²) in [6.45, 7) is 7.36. The minimum Gasteiger partial charge on any atom is -0.481 e. The smallest absolute Gasteiger partial charge is 0.408 e. The number of rotatable bonds is 4. The number of hydrogen-bond acceptors (Lipinski definition) is 4. The highest BCUT2D eigenvalue weighted by Gasteiger charge is 2.25. The maximum atomic E-state index is 12.5. The Morgan fingerprint density at radius 1 is 1.23 bits per heavy atom. The zero-order valence-corrected chi connectivity index (χ0v) is 19.5. The second-order valence-corrected chi connectivity index (χ2v) is 9.41. The lowest BCUT2D eigenvalue weighted by Gasteiger charge is -2.28. The van der Waals surface area contributed by atoms with Crippen LogP contribution in [0.4, 0.5) is 10.5 Å². The molecule has 0 aromatic heterocycles. The van der Waals surface area contributed by atoms with Gasteiger partial charge in [-0.15, -0.1) is 0 Å². The van der Waals surface area contributed by atoms with E-state index in [1.165, 1.54) is 0 Å². The van der Waals surface area contributed by atoms with Crippen LogP contribution in [-0.2, 0) is 11.2 Å². The van der Waals surface area contributed by atoms with Crippen LogP contribution in [0.5, 0.6) is 5.75 Å². The lowest BCUT2D eigenvalue weighted by atomic mass is 9.98. The lowest BCUT2D eigenvalue weighted by Crippen LogP contribution is -2.36. The molecule has 1 heterocycles. The van der Waals surface area contributed by atoms with Crippen molar-refractivity contribution in [1.29, 1.82) is 0 Å². The van der Waals surface area contributed by atoms with Gasteiger partial charge in [-0.25, -0.2) is 4.79 Å². The Labute approximate surface area is 192 Å². The molecule has 2 N–H and O–H groups in total. The first-order valence-corrected chi connectivity index (χ1v) is 10.7. The summed E-state index contributed by atoms with van der Waals surface area (Å²) >= 11 is 17.5. The zero-order chi connectivity index (χ0) is 22.1. The number of hydrogen-bond donors (Lipinski definition) is 2. The minimum atomic E-state index is -0.605. The molecule has 2 atom stereocenters. The summed E-state index contributed by atoms with van der Waals surface area (Å²) in [7, 11) is 0. The normalized spacial score (nSPS) is 16.7. The van der Waals surface area contributed by atoms with Gasteiger partial charge in [0.1, 0.15) is 22.4 Å². The van der Waals surface area contributed by atoms with Gasteiger partial charge in [-0.05, 0) is 69.5 Å². The first-order chi connectivity index (χ1) is 14.0. The van der Waals surface area contributed by atoms with Crippen LogP contribution in [0.15, 0.2) is 36.4 Å². The molecule has 2 aromatic rings. The summed E-state index contributed by atoms with van der Waals surface area (Å²) in [6, 6.07) is 10.8. The van der Waals surface area contributed by atoms with Crippen LogP contribution in [0.25, 0.3) is 0 Å². The number of halogens is 2. The van der Waals surface area contributed by atoms with E-state index in [0.717, 1.165) is 16.8 Å². The fourth-order valence-corrected chi connectivity index (χ4v) is 3.53. The van der Waals surface area contributed by atoms with Gasteiger partial charge in [-0.3, -0.25) is 0 Å². The molecule has 0 saturated heterocycles. The molecule has 0 spiro atoms. The van der Waals surface area contributed by atoms with E-state index >= 15 is 0 Å². The molecule has 5 nitrogen and oxygen atoms in total. The molecule has 160 valence electrons. The van der Waals surface area contributed by atoms with E-state index < -0.39 is 11.7 Å². The molecule has 0 saturated carbocycles. The van der Waals surface area contributed by atoms with Gasteiger partial charge in [-0.1, -0.05) is 47.6 Å². The SMILES string of the molecule is CC1Oc2ccc(C(Cc3ccc(Cl)c(Cl)c3)NC(=O)OC(C)(C)C)cc2NC1=S. The van der Waals surface area contributed by atoms with Crippen LogP contribution in [0, 0.1) is 0 Å². The standard InChI is InChI=1S/C22H24Cl2N2O3S/c1-12-20(30)25-18-11-14(6-8-19(18)28-12)17(26-21(27)29-22(2,3)4)10-13-5-7-15(23)16(24)9-13/h5-9,11-12,17H,10H2,1-4H3,(H,25,30)(H,26,27). The highest BCUT2D eigenvalue weighted by molar-refractivity contribution is 7.80. The van der Waals surface area contributed by atoms with Gasteiger partial charge in [0, 0.05) is 0 Å². The number of carbonyl (C=O) groups is 1. The first-order valence-electron chi connectivity index (χ1n) is 9.57. The molecule has 0 radical (unpaired) electrons. The van der Waals surface area contributed by atoms with Crippen molar-refractivity contribution in [1.82, 2.24) is 5.32 Å². The van der Waals surface area contributed by atoms with Gasteiger partial charge in [0.15, 0.2) is 0 Å². The summed E-state index contributed by atoms with van der Waals surface area (Å²) in [5.41, 5.74) is 1.96. The highest BCUT2D eigenvalue weighted by atomic mass is 35.5. The highest BCUT2D eigenvalue weighted by Crippen LogP contribution is 2.34. The van der Waals surface area contributed by atoms with E-state index in [9.17, 15) is 4.79 Å². The number of carbonyl (C=O) groups excluding carboxylic acids is 1. The van der Waals surface area contributed by atoms with E-state index in [4.69, 9.17) is 44.9 Å². The molecule has 1 aliphatic heterocycles. The van der Waals surface area contributed by atoms with Crippen molar-refractivity contribution < 1.29 is 14.3 Å². The predicted octanol–water partition coefficient (Wildman–Crippen LogP) is 6.32. The molecule has 1 aliphatic rings. The summed E-state index contributed by atoms with van der Waals surface area (Å²) in [6.07, 6.45) is -0.194. The summed E-state index contributed by atoms with van der Waals surface area (Å²) in [5.74, 6) is 0.713. The predicted molar refractivity (Wildman–Crippen MR) is 125 cm³/mol. The Bertz CT molecular complexity index is 975. The first kappa shape index (κ1) is 22.7. The van der Waals surface area contributed by atoms with Crippen LogP contribution in [-0.4, -0.2) is 22.8 Å². The number of ether oxygens (including phenoxy) is 2. The molecule has 2 unspecified atom stereocenters. The molecule has 30 heavy (non-hydrogen) atoms. The van der Waals surface area contributed by atoms with E-state index in [1.54, 1.807) is 12.1 Å². The van der Waals surface area contributed by atoms with E-state index in [-0.39, 0.29) is 12.1 Å². The van der Waals surface area contributed by atoms with Crippen molar-refractivity contribution in [3.8, 4) is 5.75 Å². The van der Waals surface area contributed by atoms with E-state index in [0.29, 0.717) is 27.2 Å². The number of nitrogens with one attached hydrogen (secondary N) is 2. The molecule has 2 aromatic carbocycles. The maximum Gasteiger partial charge on any atom is 0.408 e. The third-order valence-electron chi connectivity index (χ3n) is 4.45. The molecule has 3 rings (SSSR count). The number of fused-ring (bicyclic) bond motifs is 1. The van der Waals surface area contributed by atoms with Gasteiger partial charge in [0.2, 0.25) is 0 Å². The van der Waals surface area contributed by atoms with Crippen LogP contribution in [0.2, 0.25) is 10.0 Å². The molecule has 0 bridgehead atoms. The largest absolute Gasteiger partial charge is 0.481 e. The van der Waals surface area contributed by atoms with Crippen LogP contribution in [0.3, 0.4) is 0 Å². The fourth-order valence-electron chi connectivity index (χ4n) is 3.05. The van der Waals surface area contributed by atoms with Gasteiger partial charge in [0.05, 0.1) is 21.8 Å². The van der Waals surface area contributed by atoms with E-state index in [2.05, 4.69) is 10.6 Å². The number of alkyl carbamates (subject to hydrolysis) is 1. The van der Waals surface area contributed by atoms with Crippen LogP contribution in [0.1, 0.15) is 44.9 Å². The van der Waals surface area contributed by atoms with Crippen molar-refractivity contribution >= 4 is 52.2 Å². The van der Waals surface area contributed by atoms with E-state index in [1.807, 2.05) is 52.0 Å². The Balaban J connectivity index is 1.90. The lowest BCUT2D eigenvalue weighted by molar-refractivity contribution is 0.0503. The Hall–Kier alpha value is -2.02. The molecule has 0 aliphatic carbocycles. The van der Waals surface area contributed by atoms with Crippen molar-refractivity contribution in [3.63, 3.8) is 0 Å². The number of anilines is 1. The fraction of sp³-hybridized carbons (Fsp3) is 0.364. The topological polar surface area (TPSA) is 59.6 Å². The third-order valence-corrected chi connectivity index (χ3v) is 5.62. The Morgan fingerprint density at radius 3 is 2.63 bits per heavy atom. The van der Waals surface area contributed by atoms with Gasteiger partial charge in [0.25, 0.3) is 0 Å². The second-order valence-electron chi connectivity index (χ2n) is 8.16. The zero-order valence-electron chi connectivity index (χ0n) is 17.2. The second kappa shape index (κ2) is 9.00. The minimum absolute atomic E-state index is 0.190. The van der Waals surface area contributed by atoms with Crippen LogP contribution >= 0.6 is 35.4 Å². The van der Waals surface area contributed by atoms with Crippen molar-refractivity contribution in [3.05, 3.63) is 57.6 Å². The number of amides is 1. The molecule has 1 amide bonds. The van der Waals surface area contributed by atoms with Gasteiger partial charge in [-0.2, -0.15) is 0 Å². The quantitative estimate of drug-likeness (QED) is 0.515. The number of thiocarbonyl (C=S) groups is 1. The van der Waals surface area contributed by atoms with Gasteiger partial charge < -0.3 is 20.1 Å². The van der Waals surface area contributed by atoms with Crippen molar-refractivity contribution in [2.75, 3.05) is 5.32 Å². The monoisotopic (exact) mass is 466 g/mol. The molecule has 0 fully saturated rings. The maximum absolute atomic E-state index is 12.5. The van der Waals surface area contributed by atoms with Crippen LogP contribution < -0.4 is 15.4 Å². The molecular weight excluding hydrogens is 443 g/mol. The molecular formula is C22H24Cl2N2O3S. The van der Waals surface area contributed by atoms with Gasteiger partial charge >= 0.3 is 6.09 Å².